The molecule has 49 heavy (non-hydrogen) atoms. The van der Waals surface area contributed by atoms with E-state index in [1.807, 2.05) is 41.8 Å². The number of aliphatic hydroxyl groups excluding tert-OH is 1. The molecule has 1 aromatic rings. The third-order valence-electron chi connectivity index (χ3n) is 11.5. The van der Waals surface area contributed by atoms with Gasteiger partial charge in [-0.25, -0.2) is 0 Å². The molecule has 12 heteroatoms. The van der Waals surface area contributed by atoms with Crippen molar-refractivity contribution in [2.75, 3.05) is 40.1 Å². The number of hydrogen-bond acceptors (Lipinski definition) is 10. The molecule has 0 aromatic heterocycles. The van der Waals surface area contributed by atoms with E-state index in [9.17, 15) is 19.8 Å². The third-order valence-corrected chi connectivity index (χ3v) is 11.5. The van der Waals surface area contributed by atoms with Crippen molar-refractivity contribution in [1.29, 1.82) is 0 Å². The molecular formula is C37H59N3O9. The zero-order valence-corrected chi connectivity index (χ0v) is 30.9. The van der Waals surface area contributed by atoms with Crippen LogP contribution in [0.15, 0.2) is 24.3 Å². The van der Waals surface area contributed by atoms with Gasteiger partial charge in [0, 0.05) is 56.3 Å². The molecule has 3 fully saturated rings. The average molecular weight is 690 g/mol. The summed E-state index contributed by atoms with van der Waals surface area (Å²) in [5.74, 6) is -1.94. The smallest absolute Gasteiger partial charge is 0.253 e. The number of methoxy groups -OCH3 is 1. The van der Waals surface area contributed by atoms with Gasteiger partial charge in [-0.3, -0.25) is 9.59 Å². The van der Waals surface area contributed by atoms with Crippen LogP contribution >= 0.6 is 0 Å². The molecule has 2 bridgehead atoms. The number of amides is 2. The quantitative estimate of drug-likeness (QED) is 0.431. The molecule has 276 valence electrons. The Labute approximate surface area is 291 Å². The Kier molecular flexibility index (Phi) is 11.5. The van der Waals surface area contributed by atoms with Crippen molar-refractivity contribution < 1.29 is 43.5 Å². The lowest BCUT2D eigenvalue weighted by atomic mass is 9.69. The van der Waals surface area contributed by atoms with E-state index in [2.05, 4.69) is 10.2 Å². The summed E-state index contributed by atoms with van der Waals surface area (Å²) in [6, 6.07) is 7.06. The van der Waals surface area contributed by atoms with Crippen LogP contribution in [0.25, 0.3) is 0 Å². The van der Waals surface area contributed by atoms with Gasteiger partial charge < -0.3 is 49.0 Å². The lowest BCUT2D eigenvalue weighted by Crippen LogP contribution is -2.65. The number of benzene rings is 1. The monoisotopic (exact) mass is 689 g/mol. The van der Waals surface area contributed by atoms with Crippen LogP contribution in [0.5, 0.6) is 0 Å². The first-order chi connectivity index (χ1) is 23.0. The van der Waals surface area contributed by atoms with Crippen LogP contribution in [-0.2, 0) is 28.5 Å². The molecule has 0 spiro atoms. The molecule has 4 heterocycles. The molecule has 4 aliphatic heterocycles. The number of hydrogen-bond donors (Lipinski definition) is 3. The fourth-order valence-corrected chi connectivity index (χ4v) is 8.86. The van der Waals surface area contributed by atoms with Crippen LogP contribution in [0.1, 0.15) is 77.6 Å². The Morgan fingerprint density at radius 1 is 1.04 bits per heavy atom. The standard InChI is InChI=1S/C37H59N3O9/c1-20-16-37(44)17-27-28(39(7)8)14-21(2)46-35(27)49-32(37)22(3)30(48-29-18-36(6,45-10)31(41)24(5)47-29)23(4)33(42)38-26-13-11-12-25(15-26)34(43)40(9)19-20/h11-13,15,20-24,27-32,35,41,44H,14,16-19H2,1-10H3,(H,38,42)/t20-,21-,22+,23-,24+,27-,28+,29+,30+,31+,32-,35+,36-,37+/m1/s1. The second-order valence-electron chi connectivity index (χ2n) is 15.9. The topological polar surface area (TPSA) is 139 Å². The number of anilines is 1. The van der Waals surface area contributed by atoms with Gasteiger partial charge in [-0.15, -0.1) is 0 Å². The molecule has 0 aliphatic carbocycles. The number of carbonyl (C=O) groups is 2. The largest absolute Gasteiger partial charge is 0.387 e. The maximum absolute atomic E-state index is 14.1. The van der Waals surface area contributed by atoms with Gasteiger partial charge in [0.15, 0.2) is 12.6 Å². The predicted octanol–water partition coefficient (Wildman–Crippen LogP) is 3.50. The molecule has 0 radical (unpaired) electrons. The van der Waals surface area contributed by atoms with E-state index in [1.165, 1.54) is 0 Å². The molecule has 4 aliphatic rings. The van der Waals surface area contributed by atoms with Crippen molar-refractivity contribution in [2.24, 2.45) is 23.7 Å². The molecule has 3 saturated heterocycles. The van der Waals surface area contributed by atoms with Gasteiger partial charge in [0.25, 0.3) is 5.91 Å². The maximum Gasteiger partial charge on any atom is 0.253 e. The number of ether oxygens (including phenoxy) is 5. The van der Waals surface area contributed by atoms with E-state index in [0.29, 0.717) is 30.6 Å². The number of nitrogens with zero attached hydrogens (tertiary/aromatic N) is 2. The fourth-order valence-electron chi connectivity index (χ4n) is 8.86. The van der Waals surface area contributed by atoms with Crippen molar-refractivity contribution in [3.8, 4) is 0 Å². The van der Waals surface area contributed by atoms with E-state index in [4.69, 9.17) is 23.7 Å². The Morgan fingerprint density at radius 2 is 1.76 bits per heavy atom. The predicted molar refractivity (Wildman–Crippen MR) is 184 cm³/mol. The first kappa shape index (κ1) is 38.1. The Bertz CT molecular complexity index is 1330. The van der Waals surface area contributed by atoms with Crippen LogP contribution in [0.3, 0.4) is 0 Å². The van der Waals surface area contributed by atoms with Crippen LogP contribution in [0.2, 0.25) is 0 Å². The van der Waals surface area contributed by atoms with Crippen LogP contribution in [0, 0.1) is 23.7 Å². The highest BCUT2D eigenvalue weighted by Crippen LogP contribution is 2.47. The van der Waals surface area contributed by atoms with Crippen LogP contribution in [0.4, 0.5) is 5.69 Å². The van der Waals surface area contributed by atoms with Gasteiger partial charge >= 0.3 is 0 Å². The van der Waals surface area contributed by atoms with Gasteiger partial charge in [-0.2, -0.15) is 0 Å². The summed E-state index contributed by atoms with van der Waals surface area (Å²) in [5, 5.41) is 26.8. The number of fused-ring (bicyclic) bond motifs is 4. The van der Waals surface area contributed by atoms with Gasteiger partial charge in [0.05, 0.1) is 41.5 Å². The summed E-state index contributed by atoms with van der Waals surface area (Å²) in [6.45, 7) is 11.8. The number of rotatable bonds is 4. The molecule has 3 N–H and O–H groups in total. The summed E-state index contributed by atoms with van der Waals surface area (Å²) in [5.41, 5.74) is -1.32. The molecule has 0 unspecified atom stereocenters. The second kappa shape index (κ2) is 14.8. The van der Waals surface area contributed by atoms with Crippen molar-refractivity contribution >= 4 is 17.5 Å². The Balaban J connectivity index is 1.57. The van der Waals surface area contributed by atoms with Crippen molar-refractivity contribution in [3.63, 3.8) is 0 Å². The molecule has 1 aromatic carbocycles. The van der Waals surface area contributed by atoms with Crippen LogP contribution in [-0.4, -0.2) is 127 Å². The number of nitrogens with one attached hydrogen (secondary N) is 1. The van der Waals surface area contributed by atoms with E-state index in [1.54, 1.807) is 57.2 Å². The SMILES string of the molecule is CO[C@]1(C)C[C@H](O[C@H]2[C@H](C)[C@H]3O[C@@H]4O[C@H](C)C[C@H](N(C)C)[C@H]4C[C@@]3(O)C[C@@H](C)CN(C)C(=O)c3cccc(c3)NC(=O)[C@@H]2C)O[C@@H](C)[C@@H]1O. The fraction of sp³-hybridized carbons (Fsp3) is 0.784. The zero-order chi connectivity index (χ0) is 36.0. The minimum absolute atomic E-state index is 0.0435. The summed E-state index contributed by atoms with van der Waals surface area (Å²) >= 11 is 0. The number of aliphatic hydroxyl groups is 2. The zero-order valence-electron chi connectivity index (χ0n) is 30.9. The van der Waals surface area contributed by atoms with E-state index in [0.717, 1.165) is 6.42 Å². The van der Waals surface area contributed by atoms with Gasteiger partial charge in [-0.05, 0) is 78.2 Å². The highest BCUT2D eigenvalue weighted by Gasteiger charge is 2.57. The molecule has 0 saturated carbocycles. The summed E-state index contributed by atoms with van der Waals surface area (Å²) < 4.78 is 32.0. The van der Waals surface area contributed by atoms with Gasteiger partial charge in [0.2, 0.25) is 5.91 Å². The second-order valence-corrected chi connectivity index (χ2v) is 15.9. The maximum atomic E-state index is 14.1. The first-order valence-corrected chi connectivity index (χ1v) is 17.9. The van der Waals surface area contributed by atoms with Crippen LogP contribution < -0.4 is 5.32 Å². The van der Waals surface area contributed by atoms with Gasteiger partial charge in [-0.1, -0.05) is 26.8 Å². The number of carbonyl (C=O) groups excluding carboxylic acids is 2. The van der Waals surface area contributed by atoms with Crippen molar-refractivity contribution in [1.82, 2.24) is 9.80 Å². The van der Waals surface area contributed by atoms with E-state index >= 15 is 0 Å². The Morgan fingerprint density at radius 3 is 2.43 bits per heavy atom. The molecule has 5 rings (SSSR count). The van der Waals surface area contributed by atoms with E-state index in [-0.39, 0.29) is 42.2 Å². The lowest BCUT2D eigenvalue weighted by molar-refractivity contribution is -0.337. The lowest BCUT2D eigenvalue weighted by Gasteiger charge is -2.56. The van der Waals surface area contributed by atoms with Crippen molar-refractivity contribution in [2.45, 2.75) is 128 Å². The minimum Gasteiger partial charge on any atom is -0.387 e. The summed E-state index contributed by atoms with van der Waals surface area (Å²) in [7, 11) is 7.41. The first-order valence-electron chi connectivity index (χ1n) is 17.9. The Hall–Kier alpha value is -2.16. The minimum atomic E-state index is -1.34. The normalized spacial score (nSPS) is 44.0. The molecular weight excluding hydrogens is 630 g/mol. The van der Waals surface area contributed by atoms with E-state index < -0.39 is 60.0 Å². The third kappa shape index (κ3) is 7.86. The average Bonchev–Trinajstić information content (AvgIpc) is 3.04. The molecule has 14 atom stereocenters. The highest BCUT2D eigenvalue weighted by atomic mass is 16.7. The summed E-state index contributed by atoms with van der Waals surface area (Å²) in [4.78, 5) is 31.4. The molecule has 12 nitrogen and oxygen atoms in total. The van der Waals surface area contributed by atoms with Gasteiger partial charge in [0.1, 0.15) is 6.10 Å². The van der Waals surface area contributed by atoms with Crippen molar-refractivity contribution in [3.05, 3.63) is 29.8 Å². The highest BCUT2D eigenvalue weighted by molar-refractivity contribution is 5.97. The summed E-state index contributed by atoms with van der Waals surface area (Å²) in [6.07, 6.45) is -2.64. The molecule has 2 amide bonds.